The van der Waals surface area contributed by atoms with Crippen LogP contribution in [-0.4, -0.2) is 31.4 Å². The summed E-state index contributed by atoms with van der Waals surface area (Å²) in [4.78, 5) is 34.9. The van der Waals surface area contributed by atoms with Crippen molar-refractivity contribution in [3.05, 3.63) is 59.7 Å². The Morgan fingerprint density at radius 2 is 1.62 bits per heavy atom. The van der Waals surface area contributed by atoms with Crippen molar-refractivity contribution >= 4 is 17.7 Å². The molecule has 6 heteroatoms. The molecule has 0 saturated heterocycles. The quantitative estimate of drug-likeness (QED) is 0.461. The van der Waals surface area contributed by atoms with E-state index in [1.165, 1.54) is 38.3 Å². The van der Waals surface area contributed by atoms with Crippen molar-refractivity contribution in [1.29, 1.82) is 0 Å². The molecule has 2 aromatic rings. The summed E-state index contributed by atoms with van der Waals surface area (Å²) < 4.78 is 15.0. The highest BCUT2D eigenvalue weighted by Crippen LogP contribution is 2.18. The van der Waals surface area contributed by atoms with E-state index in [9.17, 15) is 14.4 Å². The zero-order valence-electron chi connectivity index (χ0n) is 13.3. The van der Waals surface area contributed by atoms with Gasteiger partial charge in [-0.15, -0.1) is 0 Å². The van der Waals surface area contributed by atoms with E-state index in [-0.39, 0.29) is 11.3 Å². The Morgan fingerprint density at radius 1 is 0.958 bits per heavy atom. The second kappa shape index (κ2) is 7.92. The molecule has 0 radical (unpaired) electrons. The van der Waals surface area contributed by atoms with Crippen LogP contribution >= 0.6 is 0 Å². The highest BCUT2D eigenvalue weighted by atomic mass is 16.5. The van der Waals surface area contributed by atoms with E-state index >= 15 is 0 Å². The second-order valence-electron chi connectivity index (χ2n) is 4.82. The first kappa shape index (κ1) is 17.2. The van der Waals surface area contributed by atoms with Crippen LogP contribution in [0.15, 0.2) is 48.5 Å². The molecule has 0 amide bonds. The maximum absolute atomic E-state index is 12.1. The number of carbonyl (C=O) groups excluding carboxylic acids is 3. The van der Waals surface area contributed by atoms with Gasteiger partial charge in [-0.1, -0.05) is 12.1 Å². The average molecular weight is 328 g/mol. The number of ether oxygens (including phenoxy) is 3. The van der Waals surface area contributed by atoms with Crippen LogP contribution in [0.25, 0.3) is 0 Å². The van der Waals surface area contributed by atoms with Crippen molar-refractivity contribution in [2.45, 2.75) is 6.92 Å². The summed E-state index contributed by atoms with van der Waals surface area (Å²) >= 11 is 0. The smallest absolute Gasteiger partial charge is 0.342 e. The SMILES string of the molecule is COc1ccccc1C(=O)OCC(=O)c1ccc(OC(C)=O)cc1. The predicted molar refractivity (Wildman–Crippen MR) is 85.4 cm³/mol. The summed E-state index contributed by atoms with van der Waals surface area (Å²) in [6.07, 6.45) is 0. The number of ketones is 1. The lowest BCUT2D eigenvalue weighted by Crippen LogP contribution is -2.15. The first-order valence-corrected chi connectivity index (χ1v) is 7.13. The summed E-state index contributed by atoms with van der Waals surface area (Å²) in [5, 5.41) is 0. The maximum atomic E-state index is 12.1. The van der Waals surface area contributed by atoms with E-state index in [0.29, 0.717) is 17.1 Å². The molecule has 0 atom stereocenters. The third-order valence-corrected chi connectivity index (χ3v) is 3.10. The van der Waals surface area contributed by atoms with Gasteiger partial charge in [0, 0.05) is 12.5 Å². The van der Waals surface area contributed by atoms with Crippen molar-refractivity contribution in [2.75, 3.05) is 13.7 Å². The number of carbonyl (C=O) groups is 3. The second-order valence-corrected chi connectivity index (χ2v) is 4.82. The van der Waals surface area contributed by atoms with Gasteiger partial charge in [0.25, 0.3) is 0 Å². The van der Waals surface area contributed by atoms with Gasteiger partial charge in [-0.25, -0.2) is 4.79 Å². The molecule has 24 heavy (non-hydrogen) atoms. The third kappa shape index (κ3) is 4.42. The summed E-state index contributed by atoms with van der Waals surface area (Å²) in [6.45, 7) is 0.889. The Labute approximate surface area is 139 Å². The minimum absolute atomic E-state index is 0.248. The Morgan fingerprint density at radius 3 is 2.25 bits per heavy atom. The predicted octanol–water partition coefficient (Wildman–Crippen LogP) is 2.66. The topological polar surface area (TPSA) is 78.9 Å². The summed E-state index contributed by atoms with van der Waals surface area (Å²) in [7, 11) is 1.45. The molecule has 0 aliphatic rings. The fourth-order valence-corrected chi connectivity index (χ4v) is 1.98. The Hall–Kier alpha value is -3.15. The average Bonchev–Trinajstić information content (AvgIpc) is 2.59. The Bertz CT molecular complexity index is 748. The molecule has 0 aliphatic heterocycles. The number of hydrogen-bond acceptors (Lipinski definition) is 6. The maximum Gasteiger partial charge on any atom is 0.342 e. The molecule has 0 bridgehead atoms. The lowest BCUT2D eigenvalue weighted by molar-refractivity contribution is -0.131. The summed E-state index contributed by atoms with van der Waals surface area (Å²) in [5.74, 6) is -0.740. The minimum atomic E-state index is -0.641. The van der Waals surface area contributed by atoms with Crippen molar-refractivity contribution < 1.29 is 28.6 Å². The zero-order chi connectivity index (χ0) is 17.5. The van der Waals surface area contributed by atoms with Gasteiger partial charge in [-0.05, 0) is 36.4 Å². The fourth-order valence-electron chi connectivity index (χ4n) is 1.98. The number of hydrogen-bond donors (Lipinski definition) is 0. The van der Waals surface area contributed by atoms with Gasteiger partial charge in [0.2, 0.25) is 0 Å². The minimum Gasteiger partial charge on any atom is -0.496 e. The van der Waals surface area contributed by atoms with Gasteiger partial charge >= 0.3 is 11.9 Å². The Kier molecular flexibility index (Phi) is 5.68. The molecule has 0 saturated carbocycles. The van der Waals surface area contributed by atoms with E-state index in [1.807, 2.05) is 0 Å². The summed E-state index contributed by atoms with van der Waals surface area (Å²) in [6, 6.07) is 12.6. The van der Waals surface area contributed by atoms with E-state index in [1.54, 1.807) is 24.3 Å². The molecule has 0 unspecified atom stereocenters. The van der Waals surface area contributed by atoms with Crippen LogP contribution in [0.3, 0.4) is 0 Å². The van der Waals surface area contributed by atoms with Gasteiger partial charge in [0.1, 0.15) is 17.1 Å². The highest BCUT2D eigenvalue weighted by molar-refractivity contribution is 6.00. The fraction of sp³-hybridized carbons (Fsp3) is 0.167. The van der Waals surface area contributed by atoms with Gasteiger partial charge in [-0.3, -0.25) is 9.59 Å². The van der Waals surface area contributed by atoms with Crippen molar-refractivity contribution in [3.8, 4) is 11.5 Å². The molecular weight excluding hydrogens is 312 g/mol. The molecule has 2 rings (SSSR count). The van der Waals surface area contributed by atoms with Crippen LogP contribution in [0, 0.1) is 0 Å². The molecule has 0 aliphatic carbocycles. The standard InChI is InChI=1S/C18H16O6/c1-12(19)24-14-9-7-13(8-10-14)16(20)11-23-18(21)15-5-3-4-6-17(15)22-2/h3-10H,11H2,1-2H3. The van der Waals surface area contributed by atoms with Gasteiger partial charge < -0.3 is 14.2 Å². The molecule has 0 spiro atoms. The zero-order valence-corrected chi connectivity index (χ0v) is 13.3. The van der Waals surface area contributed by atoms with Crippen LogP contribution in [0.2, 0.25) is 0 Å². The van der Waals surface area contributed by atoms with E-state index in [0.717, 1.165) is 0 Å². The largest absolute Gasteiger partial charge is 0.496 e. The normalized spacial score (nSPS) is 9.92. The van der Waals surface area contributed by atoms with Crippen LogP contribution in [0.5, 0.6) is 11.5 Å². The van der Waals surface area contributed by atoms with Crippen LogP contribution in [0.4, 0.5) is 0 Å². The highest BCUT2D eigenvalue weighted by Gasteiger charge is 2.15. The molecule has 124 valence electrons. The molecule has 0 aromatic heterocycles. The molecule has 6 nitrogen and oxygen atoms in total. The van der Waals surface area contributed by atoms with Crippen LogP contribution < -0.4 is 9.47 Å². The first-order chi connectivity index (χ1) is 11.5. The van der Waals surface area contributed by atoms with E-state index < -0.39 is 18.5 Å². The number of benzene rings is 2. The van der Waals surface area contributed by atoms with Crippen molar-refractivity contribution in [1.82, 2.24) is 0 Å². The number of para-hydroxylation sites is 1. The molecule has 0 heterocycles. The lowest BCUT2D eigenvalue weighted by atomic mass is 10.1. The van der Waals surface area contributed by atoms with Crippen molar-refractivity contribution in [2.24, 2.45) is 0 Å². The van der Waals surface area contributed by atoms with Gasteiger partial charge in [0.15, 0.2) is 12.4 Å². The van der Waals surface area contributed by atoms with Gasteiger partial charge in [0.05, 0.1) is 7.11 Å². The van der Waals surface area contributed by atoms with Gasteiger partial charge in [-0.2, -0.15) is 0 Å². The molecule has 0 N–H and O–H groups in total. The number of rotatable bonds is 6. The van der Waals surface area contributed by atoms with Crippen LogP contribution in [0.1, 0.15) is 27.6 Å². The third-order valence-electron chi connectivity index (χ3n) is 3.10. The molecule has 2 aromatic carbocycles. The number of methoxy groups -OCH3 is 1. The monoisotopic (exact) mass is 328 g/mol. The summed E-state index contributed by atoms with van der Waals surface area (Å²) in [5.41, 5.74) is 0.594. The number of esters is 2. The lowest BCUT2D eigenvalue weighted by Gasteiger charge is -2.08. The van der Waals surface area contributed by atoms with Crippen LogP contribution in [-0.2, 0) is 9.53 Å². The Balaban J connectivity index is 1.97. The van der Waals surface area contributed by atoms with E-state index in [2.05, 4.69) is 0 Å². The first-order valence-electron chi connectivity index (χ1n) is 7.13. The van der Waals surface area contributed by atoms with E-state index in [4.69, 9.17) is 14.2 Å². The molecular formula is C18H16O6. The van der Waals surface area contributed by atoms with Crippen molar-refractivity contribution in [3.63, 3.8) is 0 Å². The molecule has 0 fully saturated rings. The number of Topliss-reactive ketones (excluding diaryl/α,β-unsaturated/α-hetero) is 1.